The topological polar surface area (TPSA) is 38.3 Å². The van der Waals surface area contributed by atoms with Gasteiger partial charge in [-0.2, -0.15) is 0 Å². The number of hydrogen-bond acceptors (Lipinski definition) is 2. The van der Waals surface area contributed by atoms with Crippen molar-refractivity contribution in [1.29, 1.82) is 0 Å². The molecule has 5 fully saturated rings. The molecule has 0 unspecified atom stereocenters. The molecule has 1 aliphatic heterocycles. The van der Waals surface area contributed by atoms with E-state index < -0.39 is 0 Å². The SMILES string of the molecule is CC(C)(C)[C@H]1OCCC[C@H]1CNC(=O)C12CC3CC(CC(C3)C1)C2. The molecule has 4 bridgehead atoms. The van der Waals surface area contributed by atoms with E-state index in [0.29, 0.717) is 11.8 Å². The van der Waals surface area contributed by atoms with E-state index in [0.717, 1.165) is 56.6 Å². The minimum Gasteiger partial charge on any atom is -0.377 e. The first-order valence-electron chi connectivity index (χ1n) is 10.3. The summed E-state index contributed by atoms with van der Waals surface area (Å²) in [5.41, 5.74) is 0.137. The number of hydrogen-bond donors (Lipinski definition) is 1. The summed E-state index contributed by atoms with van der Waals surface area (Å²) in [6.45, 7) is 8.47. The summed E-state index contributed by atoms with van der Waals surface area (Å²) in [5, 5.41) is 3.39. The fourth-order valence-electron chi connectivity index (χ4n) is 6.81. The molecule has 0 aromatic rings. The molecule has 3 heteroatoms. The van der Waals surface area contributed by atoms with E-state index in [1.54, 1.807) is 0 Å². The molecule has 0 radical (unpaired) electrons. The zero-order valence-electron chi connectivity index (χ0n) is 15.8. The van der Waals surface area contributed by atoms with Crippen LogP contribution in [0.25, 0.3) is 0 Å². The van der Waals surface area contributed by atoms with Gasteiger partial charge in [-0.15, -0.1) is 0 Å². The van der Waals surface area contributed by atoms with Gasteiger partial charge in [-0.3, -0.25) is 4.79 Å². The van der Waals surface area contributed by atoms with Crippen LogP contribution < -0.4 is 5.32 Å². The maximum atomic E-state index is 13.1. The number of ether oxygens (including phenoxy) is 1. The molecule has 1 heterocycles. The maximum absolute atomic E-state index is 13.1. The highest BCUT2D eigenvalue weighted by Gasteiger charge is 2.54. The lowest BCUT2D eigenvalue weighted by Crippen LogP contribution is -2.55. The molecule has 0 aromatic heterocycles. The number of carbonyl (C=O) groups excluding carboxylic acids is 1. The van der Waals surface area contributed by atoms with Gasteiger partial charge in [0, 0.05) is 24.5 Å². The first kappa shape index (κ1) is 16.9. The molecule has 5 aliphatic rings. The summed E-state index contributed by atoms with van der Waals surface area (Å²) >= 11 is 0. The van der Waals surface area contributed by atoms with E-state index in [1.807, 2.05) is 0 Å². The Morgan fingerprint density at radius 2 is 1.67 bits per heavy atom. The third-order valence-electron chi connectivity index (χ3n) is 7.34. The van der Waals surface area contributed by atoms with E-state index in [9.17, 15) is 4.79 Å². The molecule has 24 heavy (non-hydrogen) atoms. The zero-order chi connectivity index (χ0) is 16.9. The van der Waals surface area contributed by atoms with E-state index in [1.165, 1.54) is 25.7 Å². The first-order chi connectivity index (χ1) is 11.4. The number of rotatable bonds is 3. The molecule has 2 atom stereocenters. The van der Waals surface area contributed by atoms with Crippen molar-refractivity contribution in [2.75, 3.05) is 13.2 Å². The van der Waals surface area contributed by atoms with E-state index in [4.69, 9.17) is 4.74 Å². The highest BCUT2D eigenvalue weighted by atomic mass is 16.5. The third kappa shape index (κ3) is 3.02. The van der Waals surface area contributed by atoms with Crippen LogP contribution in [0.4, 0.5) is 0 Å². The minimum absolute atomic E-state index is 0.0124. The summed E-state index contributed by atoms with van der Waals surface area (Å²) in [5.74, 6) is 3.35. The smallest absolute Gasteiger partial charge is 0.226 e. The first-order valence-corrected chi connectivity index (χ1v) is 10.3. The molecule has 4 saturated carbocycles. The molecule has 136 valence electrons. The lowest BCUT2D eigenvalue weighted by molar-refractivity contribution is -0.147. The monoisotopic (exact) mass is 333 g/mol. The quantitative estimate of drug-likeness (QED) is 0.842. The Morgan fingerprint density at radius 1 is 1.08 bits per heavy atom. The number of carbonyl (C=O) groups is 1. The zero-order valence-corrected chi connectivity index (χ0v) is 15.8. The van der Waals surface area contributed by atoms with E-state index in [-0.39, 0.29) is 16.9 Å². The molecule has 4 aliphatic carbocycles. The standard InChI is InChI=1S/C21H35NO2/c1-20(2,3)18-17(5-4-6-24-18)13-22-19(23)21-10-14-7-15(11-21)9-16(8-14)12-21/h14-18H,4-13H2,1-3H3,(H,22,23)/t14?,15?,16?,17-,18-,21?/m0/s1. The van der Waals surface area contributed by atoms with Gasteiger partial charge in [0.05, 0.1) is 6.10 Å². The van der Waals surface area contributed by atoms with Crippen LogP contribution in [0, 0.1) is 34.5 Å². The predicted molar refractivity (Wildman–Crippen MR) is 95.5 cm³/mol. The molecular weight excluding hydrogens is 298 g/mol. The Kier molecular flexibility index (Phi) is 4.22. The Balaban J connectivity index is 1.39. The van der Waals surface area contributed by atoms with Crippen LogP contribution in [0.3, 0.4) is 0 Å². The van der Waals surface area contributed by atoms with Gasteiger partial charge in [0.25, 0.3) is 0 Å². The Labute approximate surface area is 147 Å². The molecule has 1 saturated heterocycles. The van der Waals surface area contributed by atoms with Crippen molar-refractivity contribution < 1.29 is 9.53 Å². The predicted octanol–water partition coefficient (Wildman–Crippen LogP) is 4.16. The molecule has 3 nitrogen and oxygen atoms in total. The molecular formula is C21H35NO2. The van der Waals surface area contributed by atoms with Crippen LogP contribution in [0.2, 0.25) is 0 Å². The maximum Gasteiger partial charge on any atom is 0.226 e. The van der Waals surface area contributed by atoms with Crippen LogP contribution in [0.15, 0.2) is 0 Å². The van der Waals surface area contributed by atoms with Crippen molar-refractivity contribution in [2.24, 2.45) is 34.5 Å². The van der Waals surface area contributed by atoms with E-state index >= 15 is 0 Å². The van der Waals surface area contributed by atoms with Crippen LogP contribution in [-0.4, -0.2) is 25.2 Å². The summed E-state index contributed by atoms with van der Waals surface area (Å²) in [4.78, 5) is 13.1. The average Bonchev–Trinajstić information content (AvgIpc) is 2.50. The highest BCUT2D eigenvalue weighted by molar-refractivity contribution is 5.83. The van der Waals surface area contributed by atoms with Gasteiger partial charge in [-0.25, -0.2) is 0 Å². The van der Waals surface area contributed by atoms with Crippen molar-refractivity contribution in [3.8, 4) is 0 Å². The van der Waals surface area contributed by atoms with Crippen molar-refractivity contribution in [2.45, 2.75) is 78.2 Å². The fourth-order valence-corrected chi connectivity index (χ4v) is 6.81. The Morgan fingerprint density at radius 3 is 2.21 bits per heavy atom. The average molecular weight is 334 g/mol. The van der Waals surface area contributed by atoms with Crippen molar-refractivity contribution in [3.63, 3.8) is 0 Å². The molecule has 0 aromatic carbocycles. The number of nitrogens with one attached hydrogen (secondary N) is 1. The second kappa shape index (κ2) is 6.00. The van der Waals surface area contributed by atoms with Gasteiger partial charge in [0.15, 0.2) is 0 Å². The van der Waals surface area contributed by atoms with Gasteiger partial charge >= 0.3 is 0 Å². The van der Waals surface area contributed by atoms with Gasteiger partial charge < -0.3 is 10.1 Å². The molecule has 1 N–H and O–H groups in total. The lowest BCUT2D eigenvalue weighted by atomic mass is 9.49. The molecule has 5 rings (SSSR count). The van der Waals surface area contributed by atoms with Crippen LogP contribution >= 0.6 is 0 Å². The Hall–Kier alpha value is -0.570. The second-order valence-corrected chi connectivity index (χ2v) is 10.5. The van der Waals surface area contributed by atoms with E-state index in [2.05, 4.69) is 26.1 Å². The molecule has 0 spiro atoms. The number of amides is 1. The van der Waals surface area contributed by atoms with Crippen LogP contribution in [0.1, 0.15) is 72.1 Å². The third-order valence-corrected chi connectivity index (χ3v) is 7.34. The second-order valence-electron chi connectivity index (χ2n) is 10.5. The molecule has 1 amide bonds. The summed E-state index contributed by atoms with van der Waals surface area (Å²) in [6, 6.07) is 0. The normalized spacial score (nSPS) is 44.5. The lowest BCUT2D eigenvalue weighted by Gasteiger charge is -2.55. The van der Waals surface area contributed by atoms with Crippen LogP contribution in [0.5, 0.6) is 0 Å². The summed E-state index contributed by atoms with van der Waals surface area (Å²) in [7, 11) is 0. The van der Waals surface area contributed by atoms with Crippen molar-refractivity contribution in [3.05, 3.63) is 0 Å². The Bertz CT molecular complexity index is 457. The largest absolute Gasteiger partial charge is 0.377 e. The minimum atomic E-state index is -0.0124. The fraction of sp³-hybridized carbons (Fsp3) is 0.952. The van der Waals surface area contributed by atoms with Gasteiger partial charge in [0.1, 0.15) is 0 Å². The van der Waals surface area contributed by atoms with Crippen molar-refractivity contribution in [1.82, 2.24) is 5.32 Å². The summed E-state index contributed by atoms with van der Waals surface area (Å²) in [6.07, 6.45) is 10.3. The van der Waals surface area contributed by atoms with Crippen LogP contribution in [-0.2, 0) is 9.53 Å². The summed E-state index contributed by atoms with van der Waals surface area (Å²) < 4.78 is 6.09. The van der Waals surface area contributed by atoms with Crippen molar-refractivity contribution >= 4 is 5.91 Å². The highest BCUT2D eigenvalue weighted by Crippen LogP contribution is 2.60. The van der Waals surface area contributed by atoms with Gasteiger partial charge in [0.2, 0.25) is 5.91 Å². The van der Waals surface area contributed by atoms with Gasteiger partial charge in [-0.05, 0) is 74.5 Å². The van der Waals surface area contributed by atoms with Gasteiger partial charge in [-0.1, -0.05) is 20.8 Å².